The molecule has 2 unspecified atom stereocenters. The first-order valence-corrected chi connectivity index (χ1v) is 9.28. The van der Waals surface area contributed by atoms with Crippen LogP contribution < -0.4 is 5.73 Å². The molecular formula is C14H18BrNO4S. The fraction of sp³-hybridized carbons (Fsp3) is 0.571. The van der Waals surface area contributed by atoms with Crippen LogP contribution in [0.25, 0.3) is 0 Å². The van der Waals surface area contributed by atoms with Crippen LogP contribution in [-0.4, -0.2) is 39.1 Å². The predicted octanol–water partition coefficient (Wildman–Crippen LogP) is 2.14. The topological polar surface area (TPSA) is 78.6 Å². The van der Waals surface area contributed by atoms with Crippen LogP contribution in [0.15, 0.2) is 27.6 Å². The molecule has 1 aromatic rings. The van der Waals surface area contributed by atoms with Crippen LogP contribution in [0, 0.1) is 0 Å². The molecule has 7 heteroatoms. The van der Waals surface area contributed by atoms with Gasteiger partial charge in [-0.05, 0) is 31.0 Å². The van der Waals surface area contributed by atoms with Crippen LogP contribution in [0.3, 0.4) is 0 Å². The lowest BCUT2D eigenvalue weighted by atomic mass is 9.93. The number of nitrogen functional groups attached to an aromatic ring is 1. The van der Waals surface area contributed by atoms with E-state index in [4.69, 9.17) is 15.2 Å². The first-order chi connectivity index (χ1) is 9.93. The summed E-state index contributed by atoms with van der Waals surface area (Å²) in [6, 6.07) is 4.90. The van der Waals surface area contributed by atoms with Crippen molar-refractivity contribution in [1.29, 1.82) is 0 Å². The molecule has 0 aromatic heterocycles. The van der Waals surface area contributed by atoms with E-state index in [9.17, 15) is 8.42 Å². The summed E-state index contributed by atoms with van der Waals surface area (Å²) in [5.74, 6) is 0. The molecule has 0 bridgehead atoms. The van der Waals surface area contributed by atoms with E-state index in [0.29, 0.717) is 32.7 Å². The van der Waals surface area contributed by atoms with Crippen molar-refractivity contribution < 1.29 is 17.9 Å². The van der Waals surface area contributed by atoms with Gasteiger partial charge in [-0.25, -0.2) is 8.42 Å². The number of benzene rings is 1. The lowest BCUT2D eigenvalue weighted by Crippen LogP contribution is -2.45. The highest BCUT2D eigenvalue weighted by Gasteiger charge is 2.45. The van der Waals surface area contributed by atoms with Gasteiger partial charge in [-0.1, -0.05) is 15.9 Å². The van der Waals surface area contributed by atoms with E-state index >= 15 is 0 Å². The van der Waals surface area contributed by atoms with Crippen molar-refractivity contribution in [2.75, 3.05) is 25.6 Å². The molecule has 5 nitrogen and oxygen atoms in total. The summed E-state index contributed by atoms with van der Waals surface area (Å²) in [6.45, 7) is 1.56. The van der Waals surface area contributed by atoms with Gasteiger partial charge in [-0.3, -0.25) is 0 Å². The lowest BCUT2D eigenvalue weighted by Gasteiger charge is -2.36. The van der Waals surface area contributed by atoms with E-state index in [2.05, 4.69) is 15.9 Å². The molecule has 21 heavy (non-hydrogen) atoms. The monoisotopic (exact) mass is 375 g/mol. The zero-order valence-corrected chi connectivity index (χ0v) is 14.0. The van der Waals surface area contributed by atoms with Gasteiger partial charge in [0.05, 0.1) is 28.0 Å². The Kier molecular flexibility index (Phi) is 4.02. The fourth-order valence-electron chi connectivity index (χ4n) is 3.07. The van der Waals surface area contributed by atoms with Gasteiger partial charge in [0.15, 0.2) is 9.84 Å². The maximum absolute atomic E-state index is 12.9. The first-order valence-electron chi connectivity index (χ1n) is 6.94. The SMILES string of the molecule is Nc1cc(Br)ccc1S(=O)(=O)C1CCOC2(CCOC2)C1. The van der Waals surface area contributed by atoms with Crippen LogP contribution >= 0.6 is 15.9 Å². The summed E-state index contributed by atoms with van der Waals surface area (Å²) < 4.78 is 37.7. The highest BCUT2D eigenvalue weighted by molar-refractivity contribution is 9.10. The van der Waals surface area contributed by atoms with Crippen molar-refractivity contribution >= 4 is 31.5 Å². The number of nitrogens with two attached hydrogens (primary N) is 1. The summed E-state index contributed by atoms with van der Waals surface area (Å²) in [5.41, 5.74) is 5.75. The second kappa shape index (κ2) is 5.53. The van der Waals surface area contributed by atoms with Gasteiger partial charge in [-0.15, -0.1) is 0 Å². The number of hydrogen-bond acceptors (Lipinski definition) is 5. The molecule has 1 spiro atoms. The Morgan fingerprint density at radius 2 is 2.14 bits per heavy atom. The van der Waals surface area contributed by atoms with E-state index in [1.807, 2.05) is 0 Å². The molecule has 0 radical (unpaired) electrons. The minimum atomic E-state index is -3.45. The molecule has 2 atom stereocenters. The van der Waals surface area contributed by atoms with Gasteiger partial charge in [0.1, 0.15) is 0 Å². The van der Waals surface area contributed by atoms with Gasteiger partial charge in [0, 0.05) is 24.1 Å². The molecule has 1 aromatic carbocycles. The Hall–Kier alpha value is -0.630. The Labute approximate surface area is 132 Å². The zero-order valence-electron chi connectivity index (χ0n) is 11.5. The number of ether oxygens (including phenoxy) is 2. The van der Waals surface area contributed by atoms with Crippen molar-refractivity contribution in [1.82, 2.24) is 0 Å². The summed E-state index contributed by atoms with van der Waals surface area (Å²) >= 11 is 3.30. The first kappa shape index (κ1) is 15.3. The van der Waals surface area contributed by atoms with Crippen LogP contribution in [0.5, 0.6) is 0 Å². The highest BCUT2D eigenvalue weighted by Crippen LogP contribution is 2.38. The average Bonchev–Trinajstić information content (AvgIpc) is 2.86. The number of rotatable bonds is 2. The van der Waals surface area contributed by atoms with E-state index in [-0.39, 0.29) is 10.6 Å². The number of halogens is 1. The molecule has 0 aliphatic carbocycles. The quantitative estimate of drug-likeness (QED) is 0.801. The minimum absolute atomic E-state index is 0.215. The summed E-state index contributed by atoms with van der Waals surface area (Å²) in [6.07, 6.45) is 1.74. The van der Waals surface area contributed by atoms with Crippen molar-refractivity contribution in [3.63, 3.8) is 0 Å². The molecule has 0 amide bonds. The van der Waals surface area contributed by atoms with E-state index in [1.54, 1.807) is 18.2 Å². The second-order valence-corrected chi connectivity index (χ2v) is 8.79. The maximum Gasteiger partial charge on any atom is 0.183 e. The molecule has 2 fully saturated rings. The molecule has 2 aliphatic rings. The fourth-order valence-corrected chi connectivity index (χ4v) is 5.38. The van der Waals surface area contributed by atoms with Gasteiger partial charge in [-0.2, -0.15) is 0 Å². The van der Waals surface area contributed by atoms with Crippen LogP contribution in [0.4, 0.5) is 5.69 Å². The van der Waals surface area contributed by atoms with E-state index in [0.717, 1.165) is 10.9 Å². The van der Waals surface area contributed by atoms with Crippen molar-refractivity contribution in [2.45, 2.75) is 35.0 Å². The number of hydrogen-bond donors (Lipinski definition) is 1. The molecule has 2 saturated heterocycles. The predicted molar refractivity (Wildman–Crippen MR) is 82.9 cm³/mol. The van der Waals surface area contributed by atoms with Gasteiger partial charge in [0.2, 0.25) is 0 Å². The normalized spacial score (nSPS) is 29.9. The van der Waals surface area contributed by atoms with Crippen LogP contribution in [-0.2, 0) is 19.3 Å². The number of anilines is 1. The molecular weight excluding hydrogens is 358 g/mol. The third-order valence-corrected chi connectivity index (χ3v) is 6.99. The Balaban J connectivity index is 1.90. The van der Waals surface area contributed by atoms with Crippen molar-refractivity contribution in [3.05, 3.63) is 22.7 Å². The van der Waals surface area contributed by atoms with Crippen LogP contribution in [0.1, 0.15) is 19.3 Å². The average molecular weight is 376 g/mol. The Morgan fingerprint density at radius 3 is 2.81 bits per heavy atom. The van der Waals surface area contributed by atoms with E-state index < -0.39 is 20.7 Å². The zero-order chi connectivity index (χ0) is 15.1. The van der Waals surface area contributed by atoms with E-state index in [1.165, 1.54) is 0 Å². The Morgan fingerprint density at radius 1 is 1.33 bits per heavy atom. The molecule has 116 valence electrons. The van der Waals surface area contributed by atoms with Gasteiger partial charge >= 0.3 is 0 Å². The standard InChI is InChI=1S/C14H18BrNO4S/c15-10-1-2-13(12(16)7-10)21(17,18)11-3-5-20-14(8-11)4-6-19-9-14/h1-2,7,11H,3-6,8-9,16H2. The minimum Gasteiger partial charge on any atom is -0.398 e. The summed E-state index contributed by atoms with van der Waals surface area (Å²) in [4.78, 5) is 0.215. The maximum atomic E-state index is 12.9. The highest BCUT2D eigenvalue weighted by atomic mass is 79.9. The molecule has 3 rings (SSSR count). The second-order valence-electron chi connectivity index (χ2n) is 5.68. The summed E-state index contributed by atoms with van der Waals surface area (Å²) in [7, 11) is -3.45. The number of sulfone groups is 1. The summed E-state index contributed by atoms with van der Waals surface area (Å²) in [5, 5.41) is -0.462. The molecule has 2 aliphatic heterocycles. The molecule has 2 heterocycles. The third kappa shape index (κ3) is 2.84. The van der Waals surface area contributed by atoms with Gasteiger partial charge in [0.25, 0.3) is 0 Å². The van der Waals surface area contributed by atoms with Gasteiger partial charge < -0.3 is 15.2 Å². The Bertz CT molecular complexity index is 640. The van der Waals surface area contributed by atoms with Crippen molar-refractivity contribution in [3.8, 4) is 0 Å². The smallest absolute Gasteiger partial charge is 0.183 e. The third-order valence-electron chi connectivity index (χ3n) is 4.23. The molecule has 2 N–H and O–H groups in total. The molecule has 0 saturated carbocycles. The lowest BCUT2D eigenvalue weighted by molar-refractivity contribution is -0.0778. The largest absolute Gasteiger partial charge is 0.398 e. The van der Waals surface area contributed by atoms with Crippen LogP contribution in [0.2, 0.25) is 0 Å². The van der Waals surface area contributed by atoms with Crippen molar-refractivity contribution in [2.24, 2.45) is 0 Å².